The lowest BCUT2D eigenvalue weighted by atomic mass is 10.0. The smallest absolute Gasteiger partial charge is 0.252 e. The Morgan fingerprint density at radius 1 is 1.50 bits per heavy atom. The summed E-state index contributed by atoms with van der Waals surface area (Å²) in [7, 11) is 1.84. The van der Waals surface area contributed by atoms with E-state index in [9.17, 15) is 4.79 Å². The van der Waals surface area contributed by atoms with Gasteiger partial charge in [0.1, 0.15) is 12.2 Å². The fourth-order valence-electron chi connectivity index (χ4n) is 2.13. The Morgan fingerprint density at radius 3 is 2.75 bits per heavy atom. The second-order valence-electron chi connectivity index (χ2n) is 5.34. The summed E-state index contributed by atoms with van der Waals surface area (Å²) in [6.07, 6.45) is 2.35. The van der Waals surface area contributed by atoms with Gasteiger partial charge in [-0.25, -0.2) is 4.98 Å². The minimum absolute atomic E-state index is 0.0528. The second kappa shape index (κ2) is 6.17. The molecule has 0 aromatic carbocycles. The molecule has 2 aromatic rings. The Hall–Kier alpha value is -1.69. The molecule has 20 heavy (non-hydrogen) atoms. The molecule has 6 heteroatoms. The number of thiophene rings is 1. The van der Waals surface area contributed by atoms with E-state index < -0.39 is 0 Å². The number of rotatable bonds is 5. The van der Waals surface area contributed by atoms with Gasteiger partial charge in [0, 0.05) is 17.3 Å². The van der Waals surface area contributed by atoms with E-state index in [4.69, 9.17) is 0 Å². The van der Waals surface area contributed by atoms with Gasteiger partial charge >= 0.3 is 0 Å². The van der Waals surface area contributed by atoms with Gasteiger partial charge in [0.15, 0.2) is 0 Å². The molecule has 0 unspecified atom stereocenters. The van der Waals surface area contributed by atoms with Crippen LogP contribution in [0.5, 0.6) is 0 Å². The number of carbonyl (C=O) groups excluding carboxylic acids is 1. The van der Waals surface area contributed by atoms with E-state index >= 15 is 0 Å². The van der Waals surface area contributed by atoms with Crippen LogP contribution in [0.4, 0.5) is 0 Å². The van der Waals surface area contributed by atoms with Crippen LogP contribution in [0.2, 0.25) is 0 Å². The summed E-state index contributed by atoms with van der Waals surface area (Å²) < 4.78 is 1.71. The lowest BCUT2D eigenvalue weighted by Crippen LogP contribution is -2.31. The minimum Gasteiger partial charge on any atom is -0.342 e. The highest BCUT2D eigenvalue weighted by molar-refractivity contribution is 7.10. The number of nitrogens with one attached hydrogen (secondary N) is 1. The Morgan fingerprint density at radius 2 is 2.25 bits per heavy atom. The molecule has 0 bridgehead atoms. The van der Waals surface area contributed by atoms with Crippen molar-refractivity contribution in [3.05, 3.63) is 34.0 Å². The van der Waals surface area contributed by atoms with Crippen LogP contribution in [0.15, 0.2) is 17.8 Å². The highest BCUT2D eigenvalue weighted by Gasteiger charge is 2.21. The van der Waals surface area contributed by atoms with Gasteiger partial charge in [-0.3, -0.25) is 9.48 Å². The SMILES string of the molecule is Cc1cc(C(=O)N[C@H](CC(C)C)c2ncnn2C)cs1. The molecule has 108 valence electrons. The molecule has 2 aromatic heterocycles. The van der Waals surface area contributed by atoms with Gasteiger partial charge in [0.25, 0.3) is 5.91 Å². The first-order chi connectivity index (χ1) is 9.47. The zero-order valence-electron chi connectivity index (χ0n) is 12.3. The Balaban J connectivity index is 2.16. The first-order valence-electron chi connectivity index (χ1n) is 6.67. The van der Waals surface area contributed by atoms with E-state index in [1.54, 1.807) is 16.0 Å². The molecule has 0 aliphatic heterocycles. The third kappa shape index (κ3) is 3.45. The van der Waals surface area contributed by atoms with Crippen molar-refractivity contribution in [1.82, 2.24) is 20.1 Å². The van der Waals surface area contributed by atoms with Crippen molar-refractivity contribution >= 4 is 17.2 Å². The molecule has 1 atom stereocenters. The molecule has 1 N–H and O–H groups in total. The summed E-state index contributed by atoms with van der Waals surface area (Å²) in [6.45, 7) is 6.25. The number of aryl methyl sites for hydroxylation is 2. The average molecular weight is 292 g/mol. The maximum Gasteiger partial charge on any atom is 0.252 e. The Kier molecular flexibility index (Phi) is 4.54. The topological polar surface area (TPSA) is 59.8 Å². The minimum atomic E-state index is -0.116. The highest BCUT2D eigenvalue weighted by atomic mass is 32.1. The Labute approximate surface area is 123 Å². The highest BCUT2D eigenvalue weighted by Crippen LogP contribution is 2.20. The molecular formula is C14H20N4OS. The van der Waals surface area contributed by atoms with Gasteiger partial charge in [-0.1, -0.05) is 13.8 Å². The quantitative estimate of drug-likeness (QED) is 0.921. The van der Waals surface area contributed by atoms with Crippen molar-refractivity contribution in [3.8, 4) is 0 Å². The summed E-state index contributed by atoms with van der Waals surface area (Å²) in [6, 6.07) is 1.79. The molecule has 5 nitrogen and oxygen atoms in total. The number of hydrogen-bond acceptors (Lipinski definition) is 4. The van der Waals surface area contributed by atoms with Gasteiger partial charge in [-0.05, 0) is 25.3 Å². The first-order valence-corrected chi connectivity index (χ1v) is 7.55. The van der Waals surface area contributed by atoms with E-state index in [0.717, 1.165) is 17.1 Å². The van der Waals surface area contributed by atoms with E-state index in [1.807, 2.05) is 25.4 Å². The summed E-state index contributed by atoms with van der Waals surface area (Å²) in [4.78, 5) is 17.7. The fraction of sp³-hybridized carbons (Fsp3) is 0.500. The number of hydrogen-bond donors (Lipinski definition) is 1. The molecule has 0 saturated heterocycles. The number of aromatic nitrogens is 3. The number of nitrogens with zero attached hydrogens (tertiary/aromatic N) is 3. The van der Waals surface area contributed by atoms with Crippen LogP contribution in [0.1, 0.15) is 47.4 Å². The molecule has 0 spiro atoms. The van der Waals surface area contributed by atoms with Crippen LogP contribution in [0.3, 0.4) is 0 Å². The van der Waals surface area contributed by atoms with E-state index in [1.165, 1.54) is 6.33 Å². The van der Waals surface area contributed by atoms with Gasteiger partial charge < -0.3 is 5.32 Å². The van der Waals surface area contributed by atoms with Gasteiger partial charge in [-0.15, -0.1) is 11.3 Å². The van der Waals surface area contributed by atoms with Crippen LogP contribution in [0, 0.1) is 12.8 Å². The average Bonchev–Trinajstić information content (AvgIpc) is 2.96. The summed E-state index contributed by atoms with van der Waals surface area (Å²) in [5.41, 5.74) is 0.712. The molecular weight excluding hydrogens is 272 g/mol. The maximum absolute atomic E-state index is 12.3. The molecule has 1 amide bonds. The summed E-state index contributed by atoms with van der Waals surface area (Å²) in [5.74, 6) is 1.20. The zero-order valence-corrected chi connectivity index (χ0v) is 13.1. The third-order valence-electron chi connectivity index (χ3n) is 3.06. The van der Waals surface area contributed by atoms with E-state index in [-0.39, 0.29) is 11.9 Å². The van der Waals surface area contributed by atoms with Crippen molar-refractivity contribution in [2.24, 2.45) is 13.0 Å². The monoisotopic (exact) mass is 292 g/mol. The van der Waals surface area contributed by atoms with Crippen LogP contribution in [-0.2, 0) is 7.05 Å². The molecule has 0 fully saturated rings. The predicted molar refractivity (Wildman–Crippen MR) is 79.7 cm³/mol. The lowest BCUT2D eigenvalue weighted by molar-refractivity contribution is 0.0929. The van der Waals surface area contributed by atoms with Crippen molar-refractivity contribution in [2.45, 2.75) is 33.2 Å². The second-order valence-corrected chi connectivity index (χ2v) is 6.46. The van der Waals surface area contributed by atoms with Gasteiger partial charge in [0.05, 0.1) is 11.6 Å². The van der Waals surface area contributed by atoms with Crippen molar-refractivity contribution < 1.29 is 4.79 Å². The molecule has 0 aliphatic rings. The molecule has 0 saturated carbocycles. The van der Waals surface area contributed by atoms with Crippen molar-refractivity contribution in [3.63, 3.8) is 0 Å². The van der Waals surface area contributed by atoms with Crippen LogP contribution < -0.4 is 5.32 Å². The zero-order chi connectivity index (χ0) is 14.7. The molecule has 0 aliphatic carbocycles. The first kappa shape index (κ1) is 14.7. The molecule has 2 heterocycles. The van der Waals surface area contributed by atoms with Crippen molar-refractivity contribution in [2.75, 3.05) is 0 Å². The van der Waals surface area contributed by atoms with Crippen molar-refractivity contribution in [1.29, 1.82) is 0 Å². The molecule has 0 radical (unpaired) electrons. The summed E-state index contributed by atoms with van der Waals surface area (Å²) >= 11 is 1.58. The number of carbonyl (C=O) groups is 1. The fourth-order valence-corrected chi connectivity index (χ4v) is 2.81. The lowest BCUT2D eigenvalue weighted by Gasteiger charge is -2.19. The van der Waals surface area contributed by atoms with Gasteiger partial charge in [-0.2, -0.15) is 5.10 Å². The van der Waals surface area contributed by atoms with E-state index in [0.29, 0.717) is 11.5 Å². The maximum atomic E-state index is 12.3. The Bertz CT molecular complexity index is 588. The van der Waals surface area contributed by atoms with E-state index in [2.05, 4.69) is 29.2 Å². The van der Waals surface area contributed by atoms with Crippen LogP contribution in [0.25, 0.3) is 0 Å². The normalized spacial score (nSPS) is 12.7. The van der Waals surface area contributed by atoms with Gasteiger partial charge in [0.2, 0.25) is 0 Å². The third-order valence-corrected chi connectivity index (χ3v) is 3.92. The standard InChI is InChI=1S/C14H20N4OS/c1-9(2)5-12(13-15-8-16-18(13)4)17-14(19)11-6-10(3)20-7-11/h6-9,12H,5H2,1-4H3,(H,17,19)/t12-/m1/s1. The van der Waals surface area contributed by atoms with Crippen LogP contribution in [-0.4, -0.2) is 20.7 Å². The largest absolute Gasteiger partial charge is 0.342 e. The predicted octanol–water partition coefficient (Wildman–Crippen LogP) is 2.70. The van der Waals surface area contributed by atoms with Crippen LogP contribution >= 0.6 is 11.3 Å². The molecule has 2 rings (SSSR count). The summed E-state index contributed by atoms with van der Waals surface area (Å²) in [5, 5.41) is 9.03. The number of amides is 1.